The molecule has 0 aliphatic carbocycles. The van der Waals surface area contributed by atoms with Gasteiger partial charge in [-0.1, -0.05) is 13.8 Å². The minimum Gasteiger partial charge on any atom is -0.374 e. The van der Waals surface area contributed by atoms with E-state index in [0.717, 1.165) is 31.8 Å². The summed E-state index contributed by atoms with van der Waals surface area (Å²) >= 11 is 0. The summed E-state index contributed by atoms with van der Waals surface area (Å²) < 4.78 is 5.58. The average molecular weight is 236 g/mol. The first-order valence-corrected chi connectivity index (χ1v) is 6.14. The molecule has 5 nitrogen and oxygen atoms in total. The summed E-state index contributed by atoms with van der Waals surface area (Å²) in [4.78, 5) is 8.57. The van der Waals surface area contributed by atoms with Crippen molar-refractivity contribution < 1.29 is 4.74 Å². The van der Waals surface area contributed by atoms with Gasteiger partial charge in [0.25, 0.3) is 0 Å². The Labute approximate surface area is 102 Å². The molecule has 0 radical (unpaired) electrons. The number of rotatable bonds is 4. The standard InChI is InChI=1S/C12H20N4O/c1-9(2)10-5-14-12(15-6-10)16-8-11-7-13-3-4-17-11/h5-6,9,11,13H,3-4,7-8H2,1-2H3,(H,14,15,16). The first kappa shape index (κ1) is 12.3. The predicted octanol–water partition coefficient (Wildman–Crippen LogP) is 1.00. The van der Waals surface area contributed by atoms with Gasteiger partial charge in [-0.2, -0.15) is 0 Å². The van der Waals surface area contributed by atoms with Crippen LogP contribution in [0.4, 0.5) is 5.95 Å². The van der Waals surface area contributed by atoms with Gasteiger partial charge in [0, 0.05) is 32.0 Å². The first-order chi connectivity index (χ1) is 8.25. The van der Waals surface area contributed by atoms with Gasteiger partial charge in [0.15, 0.2) is 0 Å². The molecule has 17 heavy (non-hydrogen) atoms. The van der Waals surface area contributed by atoms with Crippen molar-refractivity contribution in [1.29, 1.82) is 0 Å². The summed E-state index contributed by atoms with van der Waals surface area (Å²) in [5.41, 5.74) is 1.16. The highest BCUT2D eigenvalue weighted by molar-refractivity contribution is 5.25. The predicted molar refractivity (Wildman–Crippen MR) is 67.2 cm³/mol. The molecule has 1 fully saturated rings. The average Bonchev–Trinajstić information content (AvgIpc) is 2.38. The number of nitrogens with zero attached hydrogens (tertiary/aromatic N) is 2. The molecule has 1 unspecified atom stereocenters. The van der Waals surface area contributed by atoms with Gasteiger partial charge in [0.1, 0.15) is 0 Å². The summed E-state index contributed by atoms with van der Waals surface area (Å²) in [5.74, 6) is 1.14. The Balaban J connectivity index is 1.82. The van der Waals surface area contributed by atoms with Crippen LogP contribution in [0.25, 0.3) is 0 Å². The molecule has 0 amide bonds. The van der Waals surface area contributed by atoms with Gasteiger partial charge in [-0.15, -0.1) is 0 Å². The Bertz CT molecular complexity index is 333. The van der Waals surface area contributed by atoms with Crippen LogP contribution in [0.2, 0.25) is 0 Å². The monoisotopic (exact) mass is 236 g/mol. The zero-order valence-electron chi connectivity index (χ0n) is 10.4. The van der Waals surface area contributed by atoms with Crippen molar-refractivity contribution >= 4 is 5.95 Å². The van der Waals surface area contributed by atoms with E-state index in [4.69, 9.17) is 4.74 Å². The van der Waals surface area contributed by atoms with Crippen molar-refractivity contribution in [2.75, 3.05) is 31.6 Å². The largest absolute Gasteiger partial charge is 0.374 e. The number of hydrogen-bond acceptors (Lipinski definition) is 5. The number of anilines is 1. The summed E-state index contributed by atoms with van der Waals surface area (Å²) in [6, 6.07) is 0. The van der Waals surface area contributed by atoms with E-state index in [1.54, 1.807) is 0 Å². The van der Waals surface area contributed by atoms with Crippen LogP contribution in [-0.2, 0) is 4.74 Å². The van der Waals surface area contributed by atoms with Crippen molar-refractivity contribution in [3.63, 3.8) is 0 Å². The molecule has 1 saturated heterocycles. The Morgan fingerprint density at radius 3 is 2.82 bits per heavy atom. The van der Waals surface area contributed by atoms with E-state index in [0.29, 0.717) is 11.9 Å². The van der Waals surface area contributed by atoms with Crippen molar-refractivity contribution in [3.05, 3.63) is 18.0 Å². The van der Waals surface area contributed by atoms with Crippen molar-refractivity contribution in [3.8, 4) is 0 Å². The quantitative estimate of drug-likeness (QED) is 0.816. The van der Waals surface area contributed by atoms with E-state index >= 15 is 0 Å². The van der Waals surface area contributed by atoms with Crippen LogP contribution >= 0.6 is 0 Å². The molecule has 1 aromatic rings. The molecular weight excluding hydrogens is 216 g/mol. The lowest BCUT2D eigenvalue weighted by atomic mass is 10.1. The normalized spacial score (nSPS) is 20.5. The molecule has 0 aromatic carbocycles. The Morgan fingerprint density at radius 1 is 1.47 bits per heavy atom. The third-order valence-corrected chi connectivity index (χ3v) is 2.83. The topological polar surface area (TPSA) is 59.1 Å². The molecule has 1 aliphatic rings. The van der Waals surface area contributed by atoms with E-state index in [2.05, 4.69) is 34.4 Å². The van der Waals surface area contributed by atoms with Gasteiger partial charge in [-0.05, 0) is 11.5 Å². The summed E-state index contributed by atoms with van der Waals surface area (Å²) in [5, 5.41) is 6.48. The lowest BCUT2D eigenvalue weighted by Gasteiger charge is -2.23. The van der Waals surface area contributed by atoms with E-state index < -0.39 is 0 Å². The van der Waals surface area contributed by atoms with Crippen LogP contribution < -0.4 is 10.6 Å². The maximum absolute atomic E-state index is 5.58. The molecule has 1 aromatic heterocycles. The molecule has 1 atom stereocenters. The number of hydrogen-bond donors (Lipinski definition) is 2. The summed E-state index contributed by atoms with van der Waals surface area (Å²) in [6.45, 7) is 7.61. The Kier molecular flexibility index (Phi) is 4.28. The van der Waals surface area contributed by atoms with Crippen molar-refractivity contribution in [1.82, 2.24) is 15.3 Å². The fourth-order valence-corrected chi connectivity index (χ4v) is 1.68. The number of nitrogens with one attached hydrogen (secondary N) is 2. The SMILES string of the molecule is CC(C)c1cnc(NCC2CNCCO2)nc1. The first-order valence-electron chi connectivity index (χ1n) is 6.14. The van der Waals surface area contributed by atoms with E-state index in [9.17, 15) is 0 Å². The molecule has 0 bridgehead atoms. The summed E-state index contributed by atoms with van der Waals surface area (Å²) in [6.07, 6.45) is 3.96. The highest BCUT2D eigenvalue weighted by atomic mass is 16.5. The molecular formula is C12H20N4O. The van der Waals surface area contributed by atoms with E-state index in [-0.39, 0.29) is 6.10 Å². The highest BCUT2D eigenvalue weighted by Gasteiger charge is 2.13. The maximum Gasteiger partial charge on any atom is 0.222 e. The lowest BCUT2D eigenvalue weighted by molar-refractivity contribution is 0.0371. The van der Waals surface area contributed by atoms with Crippen LogP contribution in [0.5, 0.6) is 0 Å². The number of aromatic nitrogens is 2. The second-order valence-corrected chi connectivity index (χ2v) is 4.57. The smallest absolute Gasteiger partial charge is 0.222 e. The van der Waals surface area contributed by atoms with Gasteiger partial charge in [0.05, 0.1) is 12.7 Å². The number of ether oxygens (including phenoxy) is 1. The van der Waals surface area contributed by atoms with Gasteiger partial charge in [-0.25, -0.2) is 9.97 Å². The fraction of sp³-hybridized carbons (Fsp3) is 0.667. The van der Waals surface area contributed by atoms with Crippen LogP contribution in [0.1, 0.15) is 25.3 Å². The number of morpholine rings is 1. The van der Waals surface area contributed by atoms with Gasteiger partial charge < -0.3 is 15.4 Å². The third kappa shape index (κ3) is 3.64. The minimum atomic E-state index is 0.206. The van der Waals surface area contributed by atoms with Crippen LogP contribution in [0, 0.1) is 0 Å². The highest BCUT2D eigenvalue weighted by Crippen LogP contribution is 2.12. The third-order valence-electron chi connectivity index (χ3n) is 2.83. The molecule has 0 saturated carbocycles. The Morgan fingerprint density at radius 2 is 2.24 bits per heavy atom. The zero-order chi connectivity index (χ0) is 12.1. The second-order valence-electron chi connectivity index (χ2n) is 4.57. The maximum atomic E-state index is 5.58. The lowest BCUT2D eigenvalue weighted by Crippen LogP contribution is -2.42. The van der Waals surface area contributed by atoms with Crippen molar-refractivity contribution in [2.24, 2.45) is 0 Å². The molecule has 0 spiro atoms. The van der Waals surface area contributed by atoms with Gasteiger partial charge in [0.2, 0.25) is 5.95 Å². The molecule has 2 N–H and O–H groups in total. The molecule has 5 heteroatoms. The van der Waals surface area contributed by atoms with Gasteiger partial charge >= 0.3 is 0 Å². The van der Waals surface area contributed by atoms with E-state index in [1.807, 2.05) is 12.4 Å². The fourth-order valence-electron chi connectivity index (χ4n) is 1.68. The van der Waals surface area contributed by atoms with Crippen molar-refractivity contribution in [2.45, 2.75) is 25.9 Å². The second kappa shape index (κ2) is 5.93. The molecule has 1 aliphatic heterocycles. The molecule has 2 heterocycles. The zero-order valence-corrected chi connectivity index (χ0v) is 10.4. The van der Waals surface area contributed by atoms with Crippen LogP contribution in [0.3, 0.4) is 0 Å². The Hall–Kier alpha value is -1.20. The van der Waals surface area contributed by atoms with E-state index in [1.165, 1.54) is 0 Å². The van der Waals surface area contributed by atoms with Crippen LogP contribution in [0.15, 0.2) is 12.4 Å². The molecule has 94 valence electrons. The summed E-state index contributed by atoms with van der Waals surface area (Å²) in [7, 11) is 0. The molecule has 2 rings (SSSR count). The minimum absolute atomic E-state index is 0.206. The van der Waals surface area contributed by atoms with Crippen LogP contribution in [-0.4, -0.2) is 42.3 Å². The van der Waals surface area contributed by atoms with Gasteiger partial charge in [-0.3, -0.25) is 0 Å².